The summed E-state index contributed by atoms with van der Waals surface area (Å²) in [5, 5.41) is 34.6. The van der Waals surface area contributed by atoms with Crippen molar-refractivity contribution in [2.75, 3.05) is 7.11 Å². The van der Waals surface area contributed by atoms with Gasteiger partial charge in [-0.3, -0.25) is 15.0 Å². The molecule has 3 aromatic rings. The fraction of sp³-hybridized carbons (Fsp3) is 0.235. The molecule has 0 saturated heterocycles. The standard InChI is InChI=1S/C15H10Cl2N4O6.C2H6/c1-6-8(16)5-20(26-2)13(17)11(6)14-18-15(27-19-14)7-3-9(21(24)25)12(23)10(22)4-7;1-2/h3-5H,1-2H3,(H-,18,19,22,23);1-2H3/p+1. The van der Waals surface area contributed by atoms with Crippen LogP contribution in [-0.4, -0.2) is 32.4 Å². The molecule has 154 valence electrons. The highest BCUT2D eigenvalue weighted by Crippen LogP contribution is 2.39. The summed E-state index contributed by atoms with van der Waals surface area (Å²) < 4.78 is 6.34. The largest absolute Gasteiger partial charge is 0.504 e. The molecule has 3 rings (SSSR count). The topological polar surface area (TPSA) is 136 Å². The van der Waals surface area contributed by atoms with Gasteiger partial charge >= 0.3 is 10.8 Å². The number of benzene rings is 1. The van der Waals surface area contributed by atoms with Crippen molar-refractivity contribution in [1.29, 1.82) is 0 Å². The summed E-state index contributed by atoms with van der Waals surface area (Å²) in [5.74, 6) is -1.65. The van der Waals surface area contributed by atoms with Crippen molar-refractivity contribution in [2.24, 2.45) is 0 Å². The van der Waals surface area contributed by atoms with E-state index in [-0.39, 0.29) is 22.4 Å². The summed E-state index contributed by atoms with van der Waals surface area (Å²) in [6, 6.07) is 2.05. The Hall–Kier alpha value is -3.11. The summed E-state index contributed by atoms with van der Waals surface area (Å²) in [7, 11) is 1.39. The van der Waals surface area contributed by atoms with E-state index in [2.05, 4.69) is 10.1 Å². The summed E-state index contributed by atoms with van der Waals surface area (Å²) >= 11 is 12.4. The van der Waals surface area contributed by atoms with Crippen LogP contribution in [0.15, 0.2) is 22.9 Å². The van der Waals surface area contributed by atoms with Crippen LogP contribution in [0.2, 0.25) is 10.2 Å². The number of nitro benzene ring substituents is 1. The predicted octanol–water partition coefficient (Wildman–Crippen LogP) is 3.71. The molecule has 0 aliphatic rings. The number of nitrogens with zero attached hydrogens (tertiary/aromatic N) is 4. The minimum Gasteiger partial charge on any atom is -0.504 e. The van der Waals surface area contributed by atoms with Crippen molar-refractivity contribution < 1.29 is 29.2 Å². The minimum absolute atomic E-state index is 0.0335. The van der Waals surface area contributed by atoms with Crippen LogP contribution in [0.5, 0.6) is 11.5 Å². The molecule has 2 heterocycles. The maximum Gasteiger partial charge on any atom is 0.336 e. The molecule has 1 aromatic carbocycles. The molecule has 2 aromatic heterocycles. The van der Waals surface area contributed by atoms with E-state index in [1.54, 1.807) is 6.92 Å². The molecular weight excluding hydrogens is 427 g/mol. The predicted molar refractivity (Wildman–Crippen MR) is 104 cm³/mol. The third-order valence-electron chi connectivity index (χ3n) is 3.72. The zero-order valence-corrected chi connectivity index (χ0v) is 17.3. The number of halogens is 2. The van der Waals surface area contributed by atoms with Crippen molar-refractivity contribution in [3.8, 4) is 34.3 Å². The molecule has 0 unspecified atom stereocenters. The van der Waals surface area contributed by atoms with Crippen molar-refractivity contribution in [1.82, 2.24) is 10.1 Å². The van der Waals surface area contributed by atoms with Gasteiger partial charge in [0, 0.05) is 10.8 Å². The van der Waals surface area contributed by atoms with Crippen LogP contribution < -0.4 is 9.57 Å². The van der Waals surface area contributed by atoms with E-state index in [9.17, 15) is 20.3 Å². The van der Waals surface area contributed by atoms with Gasteiger partial charge in [0.1, 0.15) is 17.7 Å². The summed E-state index contributed by atoms with van der Waals surface area (Å²) in [6.45, 7) is 5.69. The number of aromatic hydroxyl groups is 2. The van der Waals surface area contributed by atoms with Gasteiger partial charge in [0.25, 0.3) is 5.89 Å². The van der Waals surface area contributed by atoms with Gasteiger partial charge in [-0.15, -0.1) is 0 Å². The number of phenolic OH excluding ortho intramolecular Hbond substituents is 2. The summed E-state index contributed by atoms with van der Waals surface area (Å²) in [6.07, 6.45) is 1.46. The van der Waals surface area contributed by atoms with Gasteiger partial charge in [0.2, 0.25) is 17.8 Å². The number of hydrogen-bond donors (Lipinski definition) is 2. The van der Waals surface area contributed by atoms with Gasteiger partial charge in [-0.25, -0.2) is 0 Å². The monoisotopic (exact) mass is 443 g/mol. The van der Waals surface area contributed by atoms with Crippen LogP contribution in [0.3, 0.4) is 0 Å². The molecule has 0 amide bonds. The zero-order valence-electron chi connectivity index (χ0n) is 15.8. The van der Waals surface area contributed by atoms with Crippen molar-refractivity contribution >= 4 is 28.9 Å². The van der Waals surface area contributed by atoms with E-state index in [0.717, 1.165) is 12.1 Å². The molecule has 0 radical (unpaired) electrons. The average molecular weight is 444 g/mol. The highest BCUT2D eigenvalue weighted by molar-refractivity contribution is 6.34. The fourth-order valence-corrected chi connectivity index (χ4v) is 2.87. The van der Waals surface area contributed by atoms with Crippen molar-refractivity contribution in [3.63, 3.8) is 0 Å². The Morgan fingerprint density at radius 2 is 1.93 bits per heavy atom. The van der Waals surface area contributed by atoms with Gasteiger partial charge in [-0.1, -0.05) is 30.6 Å². The summed E-state index contributed by atoms with van der Waals surface area (Å²) in [5.41, 5.74) is 0.213. The molecule has 0 saturated carbocycles. The molecule has 0 aliphatic heterocycles. The molecule has 2 N–H and O–H groups in total. The van der Waals surface area contributed by atoms with E-state index in [0.29, 0.717) is 16.1 Å². The van der Waals surface area contributed by atoms with Gasteiger partial charge in [0.15, 0.2) is 5.75 Å². The Morgan fingerprint density at radius 3 is 2.52 bits per heavy atom. The smallest absolute Gasteiger partial charge is 0.336 e. The fourth-order valence-electron chi connectivity index (χ4n) is 2.34. The van der Waals surface area contributed by atoms with E-state index in [1.165, 1.54) is 18.0 Å². The maximum absolute atomic E-state index is 11.0. The third kappa shape index (κ3) is 4.17. The SMILES string of the molecule is CC.CO[n+]1cc(Cl)c(C)c(-c2noc(-c3cc(O)c(O)c([N+](=O)[O-])c3)n2)c1Cl. The maximum atomic E-state index is 11.0. The lowest BCUT2D eigenvalue weighted by Gasteiger charge is -2.04. The number of phenols is 2. The van der Waals surface area contributed by atoms with Crippen molar-refractivity contribution in [2.45, 2.75) is 20.8 Å². The Morgan fingerprint density at radius 1 is 1.28 bits per heavy atom. The first-order valence-electron chi connectivity index (χ1n) is 8.24. The quantitative estimate of drug-likeness (QED) is 0.204. The first-order valence-corrected chi connectivity index (χ1v) is 8.99. The van der Waals surface area contributed by atoms with Gasteiger partial charge in [-0.05, 0) is 30.2 Å². The van der Waals surface area contributed by atoms with Crippen LogP contribution >= 0.6 is 23.2 Å². The van der Waals surface area contributed by atoms with Crippen LogP contribution in [0.25, 0.3) is 22.8 Å². The van der Waals surface area contributed by atoms with E-state index >= 15 is 0 Å². The number of rotatable bonds is 4. The normalized spacial score (nSPS) is 10.3. The lowest BCUT2D eigenvalue weighted by molar-refractivity contribution is -0.883. The second-order valence-electron chi connectivity index (χ2n) is 5.32. The zero-order chi connectivity index (χ0) is 21.9. The third-order valence-corrected chi connectivity index (χ3v) is 4.46. The Kier molecular flexibility index (Phi) is 6.83. The van der Waals surface area contributed by atoms with E-state index in [4.69, 9.17) is 32.6 Å². The van der Waals surface area contributed by atoms with Gasteiger partial charge in [0.05, 0.1) is 10.5 Å². The molecule has 0 bridgehead atoms. The molecule has 0 aliphatic carbocycles. The highest BCUT2D eigenvalue weighted by Gasteiger charge is 2.28. The lowest BCUT2D eigenvalue weighted by atomic mass is 10.1. The number of pyridine rings is 1. The van der Waals surface area contributed by atoms with Crippen molar-refractivity contribution in [3.05, 3.63) is 44.2 Å². The number of hydrogen-bond acceptors (Lipinski definition) is 8. The summed E-state index contributed by atoms with van der Waals surface area (Å²) in [4.78, 5) is 19.4. The van der Waals surface area contributed by atoms with Gasteiger partial charge in [-0.2, -0.15) is 4.98 Å². The molecule has 10 nitrogen and oxygen atoms in total. The van der Waals surface area contributed by atoms with Gasteiger partial charge < -0.3 is 14.7 Å². The van der Waals surface area contributed by atoms with E-state index in [1.807, 2.05) is 13.8 Å². The first-order chi connectivity index (χ1) is 13.7. The average Bonchev–Trinajstić information content (AvgIpc) is 3.18. The second kappa shape index (κ2) is 8.93. The number of nitro groups is 1. The highest BCUT2D eigenvalue weighted by atomic mass is 35.5. The minimum atomic E-state index is -0.863. The Labute approximate surface area is 175 Å². The van der Waals surface area contributed by atoms with Crippen LogP contribution in [-0.2, 0) is 0 Å². The van der Waals surface area contributed by atoms with E-state index < -0.39 is 22.1 Å². The first kappa shape index (κ1) is 22.2. The number of aromatic nitrogens is 3. The molecule has 0 fully saturated rings. The molecular formula is C17H17Cl2N4O6+. The molecule has 0 atom stereocenters. The molecule has 0 spiro atoms. The second-order valence-corrected chi connectivity index (χ2v) is 6.08. The van der Waals surface area contributed by atoms with Crippen LogP contribution in [0.4, 0.5) is 5.69 Å². The Balaban J connectivity index is 0.00000145. The molecule has 12 heteroatoms. The lowest BCUT2D eigenvalue weighted by Crippen LogP contribution is -2.42. The molecule has 29 heavy (non-hydrogen) atoms. The van der Waals surface area contributed by atoms with Crippen LogP contribution in [0.1, 0.15) is 19.4 Å². The van der Waals surface area contributed by atoms with Crippen LogP contribution in [0, 0.1) is 17.0 Å². The Bertz CT molecular complexity index is 1070.